The largest absolute Gasteiger partial charge is 0.311 e. The number of para-hydroxylation sites is 2. The summed E-state index contributed by atoms with van der Waals surface area (Å²) in [5, 5.41) is 2.35. The van der Waals surface area contributed by atoms with Crippen LogP contribution in [0.5, 0.6) is 0 Å². The van der Waals surface area contributed by atoms with Crippen molar-refractivity contribution in [3.63, 3.8) is 0 Å². The van der Waals surface area contributed by atoms with Gasteiger partial charge in [0, 0.05) is 69.8 Å². The van der Waals surface area contributed by atoms with Crippen LogP contribution in [-0.4, -0.2) is 15.8 Å². The van der Waals surface area contributed by atoms with Gasteiger partial charge in [-0.2, -0.15) is 0 Å². The van der Waals surface area contributed by atoms with E-state index in [2.05, 4.69) is 185 Å². The first kappa shape index (κ1) is 43.3. The molecule has 11 aromatic carbocycles. The van der Waals surface area contributed by atoms with Crippen LogP contribution >= 0.6 is 0 Å². The lowest BCUT2D eigenvalue weighted by atomic mass is 9.33. The summed E-state index contributed by atoms with van der Waals surface area (Å²) < 4.78 is 99.2. The third-order valence-electron chi connectivity index (χ3n) is 16.9. The molecule has 15 rings (SSSR count). The Labute approximate surface area is 521 Å². The van der Waals surface area contributed by atoms with Gasteiger partial charge >= 0.3 is 0 Å². The van der Waals surface area contributed by atoms with Gasteiger partial charge in [0.25, 0.3) is 6.71 Å². The quantitative estimate of drug-likeness (QED) is 0.134. The molecule has 0 amide bonds. The van der Waals surface area contributed by atoms with Gasteiger partial charge < -0.3 is 18.9 Å². The Morgan fingerprint density at radius 1 is 0.349 bits per heavy atom. The number of hydrogen-bond donors (Lipinski definition) is 0. The van der Waals surface area contributed by atoms with Crippen LogP contribution in [0.4, 0.5) is 34.1 Å². The van der Waals surface area contributed by atoms with Gasteiger partial charge in [-0.25, -0.2) is 0 Å². The molecule has 2 aliphatic rings. The Kier molecular flexibility index (Phi) is 10.2. The average molecular weight is 1120 g/mol. The molecule has 0 saturated carbocycles. The fourth-order valence-corrected chi connectivity index (χ4v) is 13.7. The number of anilines is 6. The van der Waals surface area contributed by atoms with Crippen LogP contribution in [-0.2, 0) is 19.2 Å². The van der Waals surface area contributed by atoms with Crippen LogP contribution in [0.15, 0.2) is 242 Å². The van der Waals surface area contributed by atoms with Gasteiger partial charge in [0.15, 0.2) is 0 Å². The van der Waals surface area contributed by atoms with E-state index in [0.717, 1.165) is 119 Å². The Morgan fingerprint density at radius 3 is 1.15 bits per heavy atom. The molecule has 5 heteroatoms. The molecule has 0 atom stereocenters. The maximum absolute atomic E-state index is 10.3. The van der Waals surface area contributed by atoms with E-state index < -0.39 is 18.5 Å². The average Bonchev–Trinajstić information content (AvgIpc) is 0.776. The first-order chi connectivity index (χ1) is 45.6. The first-order valence-electron chi connectivity index (χ1n) is 35.0. The van der Waals surface area contributed by atoms with Crippen molar-refractivity contribution in [1.29, 1.82) is 0 Å². The highest BCUT2D eigenvalue weighted by Gasteiger charge is 2.44. The number of hydrogen-bond acceptors (Lipinski definition) is 2. The van der Waals surface area contributed by atoms with Crippen molar-refractivity contribution in [3.05, 3.63) is 259 Å². The van der Waals surface area contributed by atoms with Crippen molar-refractivity contribution in [2.75, 3.05) is 9.80 Å². The van der Waals surface area contributed by atoms with Gasteiger partial charge in [-0.15, -0.1) is 0 Å². The summed E-state index contributed by atoms with van der Waals surface area (Å²) in [5.74, 6) is 0. The van der Waals surface area contributed by atoms with Crippen molar-refractivity contribution < 1.29 is 13.7 Å². The molecule has 0 aliphatic carbocycles. The van der Waals surface area contributed by atoms with Gasteiger partial charge in [0.2, 0.25) is 0 Å². The molecule has 0 bridgehead atoms. The molecule has 0 unspecified atom stereocenters. The molecule has 0 radical (unpaired) electrons. The second-order valence-corrected chi connectivity index (χ2v) is 27.0. The van der Waals surface area contributed by atoms with Crippen molar-refractivity contribution >= 4 is 101 Å². The van der Waals surface area contributed by atoms with Crippen LogP contribution in [0.3, 0.4) is 0 Å². The summed E-state index contributed by atoms with van der Waals surface area (Å²) in [5.41, 5.74) is 16.8. The van der Waals surface area contributed by atoms with E-state index in [1.54, 1.807) is 0 Å². The fourth-order valence-electron chi connectivity index (χ4n) is 13.7. The summed E-state index contributed by atoms with van der Waals surface area (Å²) in [7, 11) is 0. The van der Waals surface area contributed by atoms with Gasteiger partial charge in [0.05, 0.1) is 33.0 Å². The van der Waals surface area contributed by atoms with Crippen LogP contribution < -0.4 is 26.2 Å². The maximum Gasteiger partial charge on any atom is 0.252 e. The number of rotatable bonds is 9. The monoisotopic (exact) mass is 1120 g/mol. The highest BCUT2D eigenvalue weighted by molar-refractivity contribution is 7.00. The van der Waals surface area contributed by atoms with E-state index in [1.807, 2.05) is 90.6 Å². The molecule has 4 nitrogen and oxygen atoms in total. The molecule has 0 saturated heterocycles. The van der Waals surface area contributed by atoms with Crippen molar-refractivity contribution in [1.82, 2.24) is 9.13 Å². The molecule has 4 heterocycles. The van der Waals surface area contributed by atoms with Crippen LogP contribution in [0.1, 0.15) is 92.7 Å². The molecule has 420 valence electrons. The van der Waals surface area contributed by atoms with Gasteiger partial charge in [-0.3, -0.25) is 0 Å². The Balaban J connectivity index is 1.06. The minimum atomic E-state index is -1.92. The van der Waals surface area contributed by atoms with Crippen LogP contribution in [0.25, 0.3) is 77.2 Å². The van der Waals surface area contributed by atoms with E-state index in [4.69, 9.17) is 5.48 Å². The molecule has 0 N–H and O–H groups in total. The fraction of sp³-hybridized carbons (Fsp3) is 0.185. The topological polar surface area (TPSA) is 16.3 Å². The molecule has 2 aromatic heterocycles. The normalized spacial score (nSPS) is 15.1. The summed E-state index contributed by atoms with van der Waals surface area (Å²) in [4.78, 5) is 4.51. The van der Waals surface area contributed by atoms with Crippen molar-refractivity contribution in [2.45, 2.75) is 81.5 Å². The van der Waals surface area contributed by atoms with E-state index in [9.17, 15) is 8.22 Å². The predicted molar refractivity (Wildman–Crippen MR) is 369 cm³/mol. The lowest BCUT2D eigenvalue weighted by Gasteiger charge is -2.45. The van der Waals surface area contributed by atoms with Crippen molar-refractivity contribution in [2.24, 2.45) is 16.2 Å². The van der Waals surface area contributed by atoms with Crippen molar-refractivity contribution in [3.8, 4) is 33.6 Å². The summed E-state index contributed by atoms with van der Waals surface area (Å²) in [6, 6.07) is 65.1. The SMILES string of the molecule is [2H]c1c([2H])c([2H])c2c(c1[2H])c1cc(CC(C)(C)C)ccc1n2-c1ccc2c(c1)N(c1ccc(-c3ccccc3)cc1)c1cc(C([2H])([2H])C(C)(C)C)cc3c1B2c1ccc(-n2c4ccc(CC(C)(C)C)cc4c4c([2H])c([2H])c([2H])c([2H])c42)cc1N3c1ccc(-c2ccccc2)cc1. The Bertz CT molecular complexity index is 5050. The summed E-state index contributed by atoms with van der Waals surface area (Å²) >= 11 is 0. The van der Waals surface area contributed by atoms with Gasteiger partial charge in [-0.1, -0.05) is 208 Å². The second kappa shape index (κ2) is 20.2. The smallest absolute Gasteiger partial charge is 0.252 e. The Hall–Kier alpha value is -9.32. The van der Waals surface area contributed by atoms with E-state index >= 15 is 0 Å². The molecular weight excluding hydrogens is 1040 g/mol. The highest BCUT2D eigenvalue weighted by atomic mass is 15.2. The van der Waals surface area contributed by atoms with E-state index in [1.165, 1.54) is 0 Å². The number of fused-ring (bicyclic) bond motifs is 10. The maximum atomic E-state index is 10.3. The first-order valence-corrected chi connectivity index (χ1v) is 30.0. The minimum Gasteiger partial charge on any atom is -0.311 e. The third kappa shape index (κ3) is 9.40. The highest BCUT2D eigenvalue weighted by Crippen LogP contribution is 2.48. The zero-order valence-corrected chi connectivity index (χ0v) is 50.3. The standard InChI is InChI=1S/C81H73BN4/c1-79(2,3)50-53-28-42-72-66(44-53)64-24-16-18-26-70(64)85(72)62-38-40-68-74(48-62)83(60-34-30-58(31-35-60)56-20-12-10-13-21-56)76-46-55(52-81(7,8)9)47-77-78(76)82(68)69-41-39-63(49-75(69)84(77)61-36-32-59(33-37-61)57-22-14-11-15-23-57)86-71-27-19-17-25-65(71)67-45-54(29-43-73(67)86)51-80(4,5)6/h10-49H,50-52H2,1-9H3/i16D,17D,18D,19D,24D,25D,26D,27D,52D2. The zero-order chi connectivity index (χ0) is 67.6. The lowest BCUT2D eigenvalue weighted by Crippen LogP contribution is -2.61. The summed E-state index contributed by atoms with van der Waals surface area (Å²) in [6.45, 7) is 18.4. The summed E-state index contributed by atoms with van der Waals surface area (Å²) in [6.07, 6.45) is -0.412. The molecule has 0 fully saturated rings. The van der Waals surface area contributed by atoms with Crippen LogP contribution in [0, 0.1) is 16.2 Å². The molecule has 2 aliphatic heterocycles. The third-order valence-corrected chi connectivity index (χ3v) is 16.9. The molecule has 13 aromatic rings. The molecule has 86 heavy (non-hydrogen) atoms. The number of nitrogens with zero attached hydrogens (tertiary/aromatic N) is 4. The zero-order valence-electron chi connectivity index (χ0n) is 60.3. The van der Waals surface area contributed by atoms with Gasteiger partial charge in [-0.05, 0) is 188 Å². The van der Waals surface area contributed by atoms with E-state index in [0.29, 0.717) is 38.7 Å². The molecule has 0 spiro atoms. The predicted octanol–water partition coefficient (Wildman–Crippen LogP) is 20.1. The van der Waals surface area contributed by atoms with Gasteiger partial charge in [0.1, 0.15) is 0 Å². The van der Waals surface area contributed by atoms with E-state index in [-0.39, 0.29) is 59.2 Å². The Morgan fingerprint density at radius 2 is 0.744 bits per heavy atom. The minimum absolute atomic E-state index is 0.0588. The lowest BCUT2D eigenvalue weighted by molar-refractivity contribution is 0.411. The number of benzene rings is 11. The molecular formula is C81H73BN4. The number of aromatic nitrogens is 2. The second-order valence-electron chi connectivity index (χ2n) is 27.0. The van der Waals surface area contributed by atoms with Crippen LogP contribution in [0.2, 0.25) is 0 Å².